The molecule has 1 aliphatic heterocycles. The van der Waals surface area contributed by atoms with Gasteiger partial charge in [-0.05, 0) is 24.2 Å². The number of nitrogens with zero attached hydrogens (tertiary/aromatic N) is 5. The number of anilines is 1. The Labute approximate surface area is 144 Å². The molecular weight excluding hydrogens is 324 g/mol. The molecule has 0 unspecified atom stereocenters. The first-order valence-corrected chi connectivity index (χ1v) is 9.14. The number of aryl methyl sites for hydroxylation is 1. The summed E-state index contributed by atoms with van der Waals surface area (Å²) in [4.78, 5) is 17.5. The van der Waals surface area contributed by atoms with Crippen LogP contribution in [-0.4, -0.2) is 36.6 Å². The lowest BCUT2D eigenvalue weighted by Crippen LogP contribution is -2.37. The van der Waals surface area contributed by atoms with E-state index >= 15 is 0 Å². The smallest absolute Gasteiger partial charge is 0.227 e. The van der Waals surface area contributed by atoms with Crippen molar-refractivity contribution in [1.82, 2.24) is 24.5 Å². The summed E-state index contributed by atoms with van der Waals surface area (Å²) in [5.41, 5.74) is 2.65. The fraction of sp³-hybridized carbons (Fsp3) is 0.500. The molecule has 8 heteroatoms. The zero-order valence-electron chi connectivity index (χ0n) is 14.2. The third-order valence-electron chi connectivity index (χ3n) is 4.63. The number of hydrogen-bond donors (Lipinski definition) is 1. The molecule has 2 aliphatic rings. The van der Waals surface area contributed by atoms with Crippen molar-refractivity contribution in [2.75, 3.05) is 11.6 Å². The van der Waals surface area contributed by atoms with Crippen LogP contribution < -0.4 is 5.32 Å². The Morgan fingerprint density at radius 2 is 2.17 bits per heavy atom. The van der Waals surface area contributed by atoms with Crippen molar-refractivity contribution < 1.29 is 4.79 Å². The van der Waals surface area contributed by atoms with Crippen LogP contribution in [0.4, 0.5) is 5.95 Å². The van der Waals surface area contributed by atoms with Gasteiger partial charge >= 0.3 is 0 Å². The Balaban J connectivity index is 1.93. The summed E-state index contributed by atoms with van der Waals surface area (Å²) in [5, 5.41) is 12.9. The topological polar surface area (TPSA) is 77.6 Å². The van der Waals surface area contributed by atoms with E-state index in [0.29, 0.717) is 17.5 Å². The van der Waals surface area contributed by atoms with Crippen molar-refractivity contribution in [2.45, 2.75) is 37.9 Å². The molecule has 2 aromatic rings. The first-order chi connectivity index (χ1) is 11.4. The molecule has 0 bridgehead atoms. The molecule has 1 aliphatic carbocycles. The summed E-state index contributed by atoms with van der Waals surface area (Å²) in [6.07, 6.45) is 5.06. The van der Waals surface area contributed by atoms with Crippen molar-refractivity contribution in [1.29, 1.82) is 0 Å². The minimum absolute atomic E-state index is 0.0511. The van der Waals surface area contributed by atoms with Crippen molar-refractivity contribution in [3.63, 3.8) is 0 Å². The number of thioether (sulfide) groups is 1. The molecule has 0 spiro atoms. The zero-order valence-corrected chi connectivity index (χ0v) is 15.0. The maximum absolute atomic E-state index is 13.0. The molecule has 24 heavy (non-hydrogen) atoms. The van der Waals surface area contributed by atoms with Crippen LogP contribution in [0.1, 0.15) is 38.4 Å². The van der Waals surface area contributed by atoms with E-state index < -0.39 is 0 Å². The normalized spacial score (nSPS) is 22.2. The highest BCUT2D eigenvalue weighted by Gasteiger charge is 2.42. The summed E-state index contributed by atoms with van der Waals surface area (Å²) in [5.74, 6) is 0.863. The number of nitrogens with one attached hydrogen (secondary N) is 1. The van der Waals surface area contributed by atoms with E-state index in [1.165, 1.54) is 11.8 Å². The van der Waals surface area contributed by atoms with E-state index in [9.17, 15) is 4.79 Å². The third kappa shape index (κ3) is 2.28. The SMILES string of the molecule is CSc1nc2n(n1)[C@@H](c1ccnn1C)C1=C(CC(C)(C)CC1=O)N2. The second-order valence-electron chi connectivity index (χ2n) is 7.11. The highest BCUT2D eigenvalue weighted by Crippen LogP contribution is 2.45. The fourth-order valence-electron chi connectivity index (χ4n) is 3.60. The largest absolute Gasteiger partial charge is 0.328 e. The Morgan fingerprint density at radius 3 is 2.83 bits per heavy atom. The summed E-state index contributed by atoms with van der Waals surface area (Å²) >= 11 is 1.49. The van der Waals surface area contributed by atoms with E-state index in [4.69, 9.17) is 0 Å². The Morgan fingerprint density at radius 1 is 1.38 bits per heavy atom. The number of ketones is 1. The first-order valence-electron chi connectivity index (χ1n) is 7.91. The minimum Gasteiger partial charge on any atom is -0.328 e. The van der Waals surface area contributed by atoms with Gasteiger partial charge in [-0.15, -0.1) is 5.10 Å². The number of allylic oxidation sites excluding steroid dienone is 2. The predicted molar refractivity (Wildman–Crippen MR) is 91.8 cm³/mol. The number of fused-ring (bicyclic) bond motifs is 1. The number of Topliss-reactive ketones (excluding diaryl/α,β-unsaturated/α-hetero) is 1. The molecule has 0 fully saturated rings. The molecule has 1 N–H and O–H groups in total. The van der Waals surface area contributed by atoms with Crippen LogP contribution >= 0.6 is 11.8 Å². The monoisotopic (exact) mass is 344 g/mol. The average molecular weight is 344 g/mol. The van der Waals surface area contributed by atoms with E-state index in [2.05, 4.69) is 34.3 Å². The lowest BCUT2D eigenvalue weighted by atomic mass is 9.73. The van der Waals surface area contributed by atoms with Crippen molar-refractivity contribution in [3.8, 4) is 0 Å². The van der Waals surface area contributed by atoms with Gasteiger partial charge in [0.05, 0.1) is 5.69 Å². The quantitative estimate of drug-likeness (QED) is 0.843. The Bertz CT molecular complexity index is 862. The molecule has 0 saturated carbocycles. The van der Waals surface area contributed by atoms with Crippen molar-refractivity contribution in [3.05, 3.63) is 29.2 Å². The average Bonchev–Trinajstić information content (AvgIpc) is 3.09. The summed E-state index contributed by atoms with van der Waals surface area (Å²) in [7, 11) is 1.89. The molecule has 2 aromatic heterocycles. The molecule has 126 valence electrons. The maximum atomic E-state index is 13.0. The first kappa shape index (κ1) is 15.4. The van der Waals surface area contributed by atoms with Gasteiger partial charge in [0.15, 0.2) is 5.78 Å². The maximum Gasteiger partial charge on any atom is 0.227 e. The Kier molecular flexibility index (Phi) is 3.35. The summed E-state index contributed by atoms with van der Waals surface area (Å²) < 4.78 is 3.62. The highest BCUT2D eigenvalue weighted by atomic mass is 32.2. The Hall–Kier alpha value is -2.09. The van der Waals surface area contributed by atoms with Crippen LogP contribution in [0.25, 0.3) is 0 Å². The van der Waals surface area contributed by atoms with Crippen molar-refractivity contribution >= 4 is 23.5 Å². The van der Waals surface area contributed by atoms with E-state index in [-0.39, 0.29) is 17.2 Å². The second kappa shape index (κ2) is 5.20. The lowest BCUT2D eigenvalue weighted by Gasteiger charge is -2.38. The molecule has 7 nitrogen and oxygen atoms in total. The molecule has 0 saturated heterocycles. The summed E-state index contributed by atoms with van der Waals surface area (Å²) in [6, 6.07) is 1.67. The van der Waals surface area contributed by atoms with Crippen LogP contribution in [0, 0.1) is 5.41 Å². The number of rotatable bonds is 2. The van der Waals surface area contributed by atoms with Gasteiger partial charge < -0.3 is 5.32 Å². The standard InChI is InChI=1S/C16H20N6OS/c1-16(2)7-9-12(11(23)8-16)13(10-5-6-17-21(10)3)22-14(18-9)19-15(20-22)24-4/h5-6,13H,7-8H2,1-4H3,(H,18,19,20)/t13-/m0/s1. The minimum atomic E-state index is -0.277. The molecular formula is C16H20N6OS. The lowest BCUT2D eigenvalue weighted by molar-refractivity contribution is -0.118. The highest BCUT2D eigenvalue weighted by molar-refractivity contribution is 7.98. The third-order valence-corrected chi connectivity index (χ3v) is 5.17. The van der Waals surface area contributed by atoms with E-state index in [1.807, 2.05) is 24.1 Å². The molecule has 0 aromatic carbocycles. The second-order valence-corrected chi connectivity index (χ2v) is 7.88. The van der Waals surface area contributed by atoms with Gasteiger partial charge in [-0.2, -0.15) is 10.1 Å². The predicted octanol–water partition coefficient (Wildman–Crippen LogP) is 2.39. The molecule has 0 radical (unpaired) electrons. The summed E-state index contributed by atoms with van der Waals surface area (Å²) in [6.45, 7) is 4.25. The zero-order chi connectivity index (χ0) is 17.1. The van der Waals surface area contributed by atoms with E-state index in [0.717, 1.165) is 23.4 Å². The van der Waals surface area contributed by atoms with Gasteiger partial charge in [-0.1, -0.05) is 25.6 Å². The number of carbonyl (C=O) groups excluding carboxylic acids is 1. The number of aromatic nitrogens is 5. The fourth-order valence-corrected chi connectivity index (χ4v) is 3.95. The van der Waals surface area contributed by atoms with Crippen LogP contribution in [0.5, 0.6) is 0 Å². The van der Waals surface area contributed by atoms with Crippen LogP contribution in [-0.2, 0) is 11.8 Å². The van der Waals surface area contributed by atoms with Crippen molar-refractivity contribution in [2.24, 2.45) is 12.5 Å². The number of hydrogen-bond acceptors (Lipinski definition) is 6. The van der Waals surface area contributed by atoms with Gasteiger partial charge in [0.1, 0.15) is 6.04 Å². The van der Waals surface area contributed by atoms with Gasteiger partial charge in [0.2, 0.25) is 11.1 Å². The van der Waals surface area contributed by atoms with Crippen LogP contribution in [0.2, 0.25) is 0 Å². The van der Waals surface area contributed by atoms with Crippen LogP contribution in [0.3, 0.4) is 0 Å². The molecule has 1 atom stereocenters. The molecule has 4 rings (SSSR count). The molecule has 3 heterocycles. The van der Waals surface area contributed by atoms with E-state index in [1.54, 1.807) is 10.9 Å². The van der Waals surface area contributed by atoms with Gasteiger partial charge in [-0.25, -0.2) is 4.68 Å². The molecule has 0 amide bonds. The van der Waals surface area contributed by atoms with Gasteiger partial charge in [0, 0.05) is 30.9 Å². The van der Waals surface area contributed by atoms with Crippen LogP contribution in [0.15, 0.2) is 28.7 Å². The number of carbonyl (C=O) groups is 1. The van der Waals surface area contributed by atoms with Gasteiger partial charge in [-0.3, -0.25) is 9.48 Å². The van der Waals surface area contributed by atoms with Gasteiger partial charge in [0.25, 0.3) is 0 Å².